The van der Waals surface area contributed by atoms with Crippen molar-refractivity contribution in [2.75, 3.05) is 19.0 Å². The minimum absolute atomic E-state index is 0.445. The summed E-state index contributed by atoms with van der Waals surface area (Å²) in [4.78, 5) is 0. The van der Waals surface area contributed by atoms with Gasteiger partial charge in [0.1, 0.15) is 0 Å². The first-order chi connectivity index (χ1) is 7.68. The van der Waals surface area contributed by atoms with Gasteiger partial charge in [-0.05, 0) is 31.7 Å². The molecule has 0 radical (unpaired) electrons. The van der Waals surface area contributed by atoms with Crippen LogP contribution in [0.3, 0.4) is 0 Å². The fourth-order valence-electron chi connectivity index (χ4n) is 1.31. The Morgan fingerprint density at radius 2 is 1.50 bits per heavy atom. The summed E-state index contributed by atoms with van der Waals surface area (Å²) >= 11 is 1.34. The van der Waals surface area contributed by atoms with Crippen molar-refractivity contribution < 1.29 is 13.6 Å². The zero-order chi connectivity index (χ0) is 12.3. The van der Waals surface area contributed by atoms with Crippen LogP contribution in [-0.4, -0.2) is 19.0 Å². The highest BCUT2D eigenvalue weighted by atomic mass is 32.7. The summed E-state index contributed by atoms with van der Waals surface area (Å²) < 4.78 is 22.4. The van der Waals surface area contributed by atoms with E-state index in [1.165, 1.54) is 37.1 Å². The van der Waals surface area contributed by atoms with Gasteiger partial charge in [0, 0.05) is 5.75 Å². The van der Waals surface area contributed by atoms with Crippen LogP contribution in [0.2, 0.25) is 0 Å². The van der Waals surface area contributed by atoms with Crippen LogP contribution in [0.1, 0.15) is 52.9 Å². The molecule has 0 aromatic heterocycles. The maximum atomic E-state index is 12.0. The molecule has 0 aromatic rings. The minimum atomic E-state index is -2.86. The molecule has 0 N–H and O–H groups in total. The molecule has 0 fully saturated rings. The summed E-state index contributed by atoms with van der Waals surface area (Å²) in [6.45, 7) is 3.91. The van der Waals surface area contributed by atoms with E-state index in [9.17, 15) is 4.57 Å². The Morgan fingerprint density at radius 3 is 2.00 bits per heavy atom. The van der Waals surface area contributed by atoms with Gasteiger partial charge in [0.15, 0.2) is 0 Å². The average Bonchev–Trinajstić information content (AvgIpc) is 2.24. The second kappa shape index (κ2) is 10.6. The first kappa shape index (κ1) is 16.5. The fraction of sp³-hybridized carbons (Fsp3) is 1.00. The predicted molar refractivity (Wildman–Crippen MR) is 72.1 cm³/mol. The van der Waals surface area contributed by atoms with Gasteiger partial charge in [0.25, 0.3) is 0 Å². The van der Waals surface area contributed by atoms with Crippen LogP contribution in [0.25, 0.3) is 0 Å². The molecule has 0 bridgehead atoms. The van der Waals surface area contributed by atoms with Gasteiger partial charge in [0.05, 0.1) is 13.2 Å². The van der Waals surface area contributed by atoms with Crippen LogP contribution in [0, 0.1) is 0 Å². The number of hydrogen-bond acceptors (Lipinski definition) is 4. The molecule has 0 aliphatic carbocycles. The van der Waals surface area contributed by atoms with Gasteiger partial charge in [-0.3, -0.25) is 0 Å². The van der Waals surface area contributed by atoms with Gasteiger partial charge in [-0.25, -0.2) is 4.57 Å². The quantitative estimate of drug-likeness (QED) is 0.395. The third-order valence-electron chi connectivity index (χ3n) is 2.07. The normalized spacial score (nSPS) is 11.9. The zero-order valence-electron chi connectivity index (χ0n) is 10.7. The van der Waals surface area contributed by atoms with Crippen molar-refractivity contribution in [2.45, 2.75) is 52.9 Å². The molecule has 98 valence electrons. The van der Waals surface area contributed by atoms with E-state index in [1.807, 2.05) is 13.8 Å². The molecule has 0 spiro atoms. The maximum Gasteiger partial charge on any atom is 0.389 e. The molecular formula is C11H25O3PS. The Bertz CT molecular complexity index is 190. The van der Waals surface area contributed by atoms with E-state index in [2.05, 4.69) is 6.92 Å². The summed E-state index contributed by atoms with van der Waals surface area (Å²) in [6, 6.07) is 0. The zero-order valence-corrected chi connectivity index (χ0v) is 12.4. The van der Waals surface area contributed by atoms with E-state index in [0.29, 0.717) is 13.2 Å². The standard InChI is InChI=1S/C11H25O3PS/c1-4-7-8-9-10-11-16-15(12,13-5-2)14-6-3/h4-11H2,1-3H3. The molecule has 3 nitrogen and oxygen atoms in total. The lowest BCUT2D eigenvalue weighted by atomic mass is 10.2. The van der Waals surface area contributed by atoms with E-state index in [1.54, 1.807) is 0 Å². The van der Waals surface area contributed by atoms with E-state index in [-0.39, 0.29) is 0 Å². The summed E-state index contributed by atoms with van der Waals surface area (Å²) in [6.07, 6.45) is 6.11. The molecule has 5 heteroatoms. The predicted octanol–water partition coefficient (Wildman–Crippen LogP) is 4.87. The van der Waals surface area contributed by atoms with E-state index < -0.39 is 6.80 Å². The third-order valence-corrected chi connectivity index (χ3v) is 6.14. The summed E-state index contributed by atoms with van der Waals surface area (Å²) in [7, 11) is 0. The van der Waals surface area contributed by atoms with Crippen LogP contribution in [0.15, 0.2) is 0 Å². The van der Waals surface area contributed by atoms with Gasteiger partial charge in [0.2, 0.25) is 0 Å². The van der Waals surface area contributed by atoms with Crippen molar-refractivity contribution in [1.82, 2.24) is 0 Å². The lowest BCUT2D eigenvalue weighted by molar-refractivity contribution is 0.237. The topological polar surface area (TPSA) is 35.5 Å². The molecule has 0 amide bonds. The maximum absolute atomic E-state index is 12.0. The van der Waals surface area contributed by atoms with Crippen molar-refractivity contribution in [1.29, 1.82) is 0 Å². The average molecular weight is 268 g/mol. The van der Waals surface area contributed by atoms with Gasteiger partial charge in [-0.1, -0.05) is 32.6 Å². The van der Waals surface area contributed by atoms with E-state index in [0.717, 1.165) is 12.2 Å². The lowest BCUT2D eigenvalue weighted by Crippen LogP contribution is -1.93. The van der Waals surface area contributed by atoms with E-state index >= 15 is 0 Å². The molecule has 16 heavy (non-hydrogen) atoms. The number of hydrogen-bond donors (Lipinski definition) is 0. The fourth-order valence-corrected chi connectivity index (χ4v) is 4.86. The molecule has 0 unspecified atom stereocenters. The van der Waals surface area contributed by atoms with Gasteiger partial charge in [-0.2, -0.15) is 0 Å². The highest BCUT2D eigenvalue weighted by Gasteiger charge is 2.23. The molecular weight excluding hydrogens is 243 g/mol. The van der Waals surface area contributed by atoms with Crippen LogP contribution in [0.5, 0.6) is 0 Å². The highest BCUT2D eigenvalue weighted by Crippen LogP contribution is 2.60. The van der Waals surface area contributed by atoms with Gasteiger partial charge >= 0.3 is 6.80 Å². The Hall–Kier alpha value is 0.500. The molecule has 0 atom stereocenters. The van der Waals surface area contributed by atoms with Crippen molar-refractivity contribution in [3.63, 3.8) is 0 Å². The van der Waals surface area contributed by atoms with Crippen molar-refractivity contribution in [2.24, 2.45) is 0 Å². The minimum Gasteiger partial charge on any atom is -0.301 e. The van der Waals surface area contributed by atoms with Gasteiger partial charge < -0.3 is 9.05 Å². The number of unbranched alkanes of at least 4 members (excludes halogenated alkanes) is 4. The summed E-state index contributed by atoms with van der Waals surface area (Å²) in [5, 5.41) is 0. The second-order valence-corrected chi connectivity index (χ2v) is 7.72. The van der Waals surface area contributed by atoms with Crippen LogP contribution in [0.4, 0.5) is 0 Å². The summed E-state index contributed by atoms with van der Waals surface area (Å²) in [5.41, 5.74) is 0. The Morgan fingerprint density at radius 1 is 0.938 bits per heavy atom. The Labute approximate surface area is 104 Å². The molecule has 0 heterocycles. The SMILES string of the molecule is CCCCCCCSP(=O)(OCC)OCC. The summed E-state index contributed by atoms with van der Waals surface area (Å²) in [5.74, 6) is 0.862. The van der Waals surface area contributed by atoms with Crippen molar-refractivity contribution >= 4 is 18.2 Å². The molecule has 0 saturated heterocycles. The van der Waals surface area contributed by atoms with Crippen LogP contribution in [-0.2, 0) is 13.6 Å². The lowest BCUT2D eigenvalue weighted by Gasteiger charge is -2.15. The molecule has 0 aliphatic rings. The largest absolute Gasteiger partial charge is 0.389 e. The number of rotatable bonds is 11. The Balaban J connectivity index is 3.64. The van der Waals surface area contributed by atoms with Crippen LogP contribution >= 0.6 is 18.2 Å². The van der Waals surface area contributed by atoms with Crippen molar-refractivity contribution in [3.8, 4) is 0 Å². The van der Waals surface area contributed by atoms with Crippen molar-refractivity contribution in [3.05, 3.63) is 0 Å². The molecule has 0 aromatic carbocycles. The first-order valence-corrected chi connectivity index (χ1v) is 9.35. The Kier molecular flexibility index (Phi) is 11.0. The molecule has 0 saturated carbocycles. The molecule has 0 aliphatic heterocycles. The van der Waals surface area contributed by atoms with Crippen LogP contribution < -0.4 is 0 Å². The van der Waals surface area contributed by atoms with E-state index in [4.69, 9.17) is 9.05 Å². The smallest absolute Gasteiger partial charge is 0.301 e. The highest BCUT2D eigenvalue weighted by molar-refractivity contribution is 8.55. The molecule has 0 rings (SSSR count). The monoisotopic (exact) mass is 268 g/mol. The van der Waals surface area contributed by atoms with Gasteiger partial charge in [-0.15, -0.1) is 0 Å². The third kappa shape index (κ3) is 8.63. The second-order valence-electron chi connectivity index (χ2n) is 3.53. The first-order valence-electron chi connectivity index (χ1n) is 6.22.